The van der Waals surface area contributed by atoms with Crippen molar-refractivity contribution < 1.29 is 14.7 Å². The van der Waals surface area contributed by atoms with Gasteiger partial charge in [-0.3, -0.25) is 9.59 Å². The summed E-state index contributed by atoms with van der Waals surface area (Å²) in [6.45, 7) is 1.89. The number of carbonyl (C=O) groups is 2. The van der Waals surface area contributed by atoms with Gasteiger partial charge in [0.05, 0.1) is 6.42 Å². The van der Waals surface area contributed by atoms with Crippen molar-refractivity contribution in [2.45, 2.75) is 31.3 Å². The van der Waals surface area contributed by atoms with Gasteiger partial charge in [0.1, 0.15) is 6.04 Å². The fourth-order valence-electron chi connectivity index (χ4n) is 2.08. The fourth-order valence-corrected chi connectivity index (χ4v) is 2.08. The van der Waals surface area contributed by atoms with E-state index < -0.39 is 12.0 Å². The lowest BCUT2D eigenvalue weighted by Gasteiger charge is -2.36. The monoisotopic (exact) mass is 243 g/mol. The highest BCUT2D eigenvalue weighted by Crippen LogP contribution is 2.14. The Kier molecular flexibility index (Phi) is 4.89. The van der Waals surface area contributed by atoms with Crippen LogP contribution in [-0.2, 0) is 9.59 Å². The molecule has 0 spiro atoms. The summed E-state index contributed by atoms with van der Waals surface area (Å²) >= 11 is 0. The maximum absolute atomic E-state index is 11.8. The molecule has 0 aliphatic carbocycles. The standard InChI is InChI=1S/C11H21N3O3/c1-13-5-3-4-8(7-13)14(2)10(15)6-9(12)11(16)17/h8-9H,3-7,12H2,1-2H3,(H,16,17). The topological polar surface area (TPSA) is 86.9 Å². The minimum atomic E-state index is -1.13. The highest BCUT2D eigenvalue weighted by molar-refractivity contribution is 5.84. The van der Waals surface area contributed by atoms with Crippen LogP contribution in [0.4, 0.5) is 0 Å². The lowest BCUT2D eigenvalue weighted by Crippen LogP contribution is -2.48. The van der Waals surface area contributed by atoms with Crippen LogP contribution in [0.1, 0.15) is 19.3 Å². The molecule has 0 bridgehead atoms. The summed E-state index contributed by atoms with van der Waals surface area (Å²) in [5.74, 6) is -1.33. The minimum Gasteiger partial charge on any atom is -0.480 e. The Hall–Kier alpha value is -1.14. The average molecular weight is 243 g/mol. The lowest BCUT2D eigenvalue weighted by molar-refractivity contribution is -0.143. The second kappa shape index (κ2) is 5.97. The van der Waals surface area contributed by atoms with Crippen LogP contribution in [0.2, 0.25) is 0 Å². The molecule has 1 fully saturated rings. The number of carboxylic acids is 1. The molecule has 0 aromatic heterocycles. The molecule has 17 heavy (non-hydrogen) atoms. The SMILES string of the molecule is CN1CCCC(N(C)C(=O)CC(N)C(=O)O)C1. The molecular formula is C11H21N3O3. The van der Waals surface area contributed by atoms with Crippen molar-refractivity contribution in [2.75, 3.05) is 27.2 Å². The summed E-state index contributed by atoms with van der Waals surface area (Å²) in [6, 6.07) is -0.937. The molecule has 0 aromatic carbocycles. The maximum atomic E-state index is 11.8. The van der Waals surface area contributed by atoms with E-state index in [9.17, 15) is 9.59 Å². The number of amides is 1. The first-order chi connectivity index (χ1) is 7.91. The number of hydrogen-bond donors (Lipinski definition) is 2. The van der Waals surface area contributed by atoms with E-state index in [1.54, 1.807) is 11.9 Å². The smallest absolute Gasteiger partial charge is 0.321 e. The summed E-state index contributed by atoms with van der Waals surface area (Å²) in [7, 11) is 3.74. The van der Waals surface area contributed by atoms with Crippen molar-refractivity contribution in [3.05, 3.63) is 0 Å². The van der Waals surface area contributed by atoms with Gasteiger partial charge in [-0.25, -0.2) is 0 Å². The second-order valence-corrected chi connectivity index (χ2v) is 4.71. The number of aliphatic carboxylic acids is 1. The third-order valence-electron chi connectivity index (χ3n) is 3.25. The molecule has 0 saturated carbocycles. The molecule has 2 unspecified atom stereocenters. The zero-order valence-electron chi connectivity index (χ0n) is 10.4. The number of rotatable bonds is 4. The zero-order valence-corrected chi connectivity index (χ0v) is 10.4. The van der Waals surface area contributed by atoms with Crippen molar-refractivity contribution in [1.82, 2.24) is 9.80 Å². The highest BCUT2D eigenvalue weighted by atomic mass is 16.4. The third kappa shape index (κ3) is 3.98. The minimum absolute atomic E-state index is 0.133. The molecular weight excluding hydrogens is 222 g/mol. The van der Waals surface area contributed by atoms with Gasteiger partial charge in [-0.05, 0) is 26.4 Å². The number of nitrogens with two attached hydrogens (primary N) is 1. The Morgan fingerprint density at radius 1 is 1.59 bits per heavy atom. The van der Waals surface area contributed by atoms with E-state index in [1.165, 1.54) is 0 Å². The van der Waals surface area contributed by atoms with Crippen LogP contribution in [0.15, 0.2) is 0 Å². The van der Waals surface area contributed by atoms with Gasteiger partial charge in [-0.2, -0.15) is 0 Å². The van der Waals surface area contributed by atoms with Gasteiger partial charge < -0.3 is 20.6 Å². The van der Waals surface area contributed by atoms with Crippen LogP contribution in [0, 0.1) is 0 Å². The zero-order chi connectivity index (χ0) is 13.0. The van der Waals surface area contributed by atoms with E-state index in [-0.39, 0.29) is 18.4 Å². The Morgan fingerprint density at radius 3 is 2.76 bits per heavy atom. The number of piperidine rings is 1. The number of likely N-dealkylation sites (N-methyl/N-ethyl adjacent to an activating group) is 2. The molecule has 1 aliphatic heterocycles. The first kappa shape index (κ1) is 13.9. The molecule has 98 valence electrons. The molecule has 6 nitrogen and oxygen atoms in total. The van der Waals surface area contributed by atoms with Gasteiger partial charge in [-0.1, -0.05) is 0 Å². The Bertz CT molecular complexity index is 296. The van der Waals surface area contributed by atoms with Crippen molar-refractivity contribution in [1.29, 1.82) is 0 Å². The van der Waals surface area contributed by atoms with Crippen molar-refractivity contribution in [3.63, 3.8) is 0 Å². The van der Waals surface area contributed by atoms with E-state index >= 15 is 0 Å². The summed E-state index contributed by atoms with van der Waals surface area (Å²) in [6.07, 6.45) is 1.89. The second-order valence-electron chi connectivity index (χ2n) is 4.71. The van der Waals surface area contributed by atoms with Crippen LogP contribution in [-0.4, -0.2) is 66.1 Å². The molecule has 1 aliphatic rings. The van der Waals surface area contributed by atoms with Crippen LogP contribution in [0.3, 0.4) is 0 Å². The summed E-state index contributed by atoms with van der Waals surface area (Å²) in [5.41, 5.74) is 5.35. The van der Waals surface area contributed by atoms with E-state index in [1.807, 2.05) is 7.05 Å². The Balaban J connectivity index is 2.48. The maximum Gasteiger partial charge on any atom is 0.321 e. The van der Waals surface area contributed by atoms with Crippen molar-refractivity contribution >= 4 is 11.9 Å². The molecule has 1 heterocycles. The van der Waals surface area contributed by atoms with Gasteiger partial charge in [0.25, 0.3) is 0 Å². The molecule has 6 heteroatoms. The molecule has 0 aromatic rings. The van der Waals surface area contributed by atoms with Gasteiger partial charge in [-0.15, -0.1) is 0 Å². The first-order valence-electron chi connectivity index (χ1n) is 5.84. The predicted octanol–water partition coefficient (Wildman–Crippen LogP) is -0.659. The number of likely N-dealkylation sites (tertiary alicyclic amines) is 1. The van der Waals surface area contributed by atoms with Crippen LogP contribution < -0.4 is 5.73 Å². The highest BCUT2D eigenvalue weighted by Gasteiger charge is 2.26. The molecule has 1 amide bonds. The predicted molar refractivity (Wildman–Crippen MR) is 63.5 cm³/mol. The quantitative estimate of drug-likeness (QED) is 0.684. The van der Waals surface area contributed by atoms with E-state index in [0.717, 1.165) is 25.9 Å². The molecule has 2 atom stereocenters. The number of nitrogens with zero attached hydrogens (tertiary/aromatic N) is 2. The van der Waals surface area contributed by atoms with Crippen molar-refractivity contribution in [3.8, 4) is 0 Å². The fraction of sp³-hybridized carbons (Fsp3) is 0.818. The molecule has 1 rings (SSSR count). The molecule has 1 saturated heterocycles. The number of carboxylic acid groups (broad SMARTS) is 1. The normalized spacial score (nSPS) is 23.1. The van der Waals surface area contributed by atoms with Crippen LogP contribution >= 0.6 is 0 Å². The molecule has 3 N–H and O–H groups in total. The summed E-state index contributed by atoms with van der Waals surface area (Å²) in [4.78, 5) is 26.2. The van der Waals surface area contributed by atoms with Crippen LogP contribution in [0.25, 0.3) is 0 Å². The van der Waals surface area contributed by atoms with Crippen molar-refractivity contribution in [2.24, 2.45) is 5.73 Å². The first-order valence-corrected chi connectivity index (χ1v) is 5.84. The van der Waals surface area contributed by atoms with E-state index in [0.29, 0.717) is 0 Å². The third-order valence-corrected chi connectivity index (χ3v) is 3.25. The molecule has 0 radical (unpaired) electrons. The van der Waals surface area contributed by atoms with Gasteiger partial charge >= 0.3 is 5.97 Å². The largest absolute Gasteiger partial charge is 0.480 e. The Labute approximate surface area is 101 Å². The Morgan fingerprint density at radius 2 is 2.24 bits per heavy atom. The van der Waals surface area contributed by atoms with Crippen LogP contribution in [0.5, 0.6) is 0 Å². The summed E-state index contributed by atoms with van der Waals surface area (Å²) in [5, 5.41) is 8.66. The average Bonchev–Trinajstić information content (AvgIpc) is 2.27. The van der Waals surface area contributed by atoms with Gasteiger partial charge in [0.15, 0.2) is 0 Å². The lowest BCUT2D eigenvalue weighted by atomic mass is 10.0. The van der Waals surface area contributed by atoms with Gasteiger partial charge in [0, 0.05) is 19.6 Å². The summed E-state index contributed by atoms with van der Waals surface area (Å²) < 4.78 is 0. The van der Waals surface area contributed by atoms with E-state index in [2.05, 4.69) is 4.90 Å². The number of carbonyl (C=O) groups excluding carboxylic acids is 1. The van der Waals surface area contributed by atoms with E-state index in [4.69, 9.17) is 10.8 Å². The number of hydrogen-bond acceptors (Lipinski definition) is 4. The van der Waals surface area contributed by atoms with Gasteiger partial charge in [0.2, 0.25) is 5.91 Å².